The maximum atomic E-state index is 11.2. The topological polar surface area (TPSA) is 36.1 Å². The zero-order valence-corrected chi connectivity index (χ0v) is 18.3. The van der Waals surface area contributed by atoms with E-state index in [0.717, 1.165) is 23.2 Å². The van der Waals surface area contributed by atoms with Gasteiger partial charge < -0.3 is 10.4 Å². The van der Waals surface area contributed by atoms with Crippen molar-refractivity contribution in [2.45, 2.75) is 27.2 Å². The summed E-state index contributed by atoms with van der Waals surface area (Å²) in [4.78, 5) is 0.406. The Balaban J connectivity index is 2.09. The lowest BCUT2D eigenvalue weighted by molar-refractivity contribution is -0.576. The summed E-state index contributed by atoms with van der Waals surface area (Å²) >= 11 is 12.0. The second-order valence-electron chi connectivity index (χ2n) is 6.90. The number of pyridine rings is 1. The molecule has 2 N–H and O–H groups in total. The molecule has 3 rings (SSSR count). The number of aryl methyl sites for hydroxylation is 2. The number of anilines is 1. The summed E-state index contributed by atoms with van der Waals surface area (Å²) in [7, 11) is 0. The molecule has 1 heterocycles. The van der Waals surface area contributed by atoms with Gasteiger partial charge >= 0.3 is 0 Å². The average molecular weight is 424 g/mol. The predicted octanol–water partition coefficient (Wildman–Crippen LogP) is 6.13. The molecular weight excluding hydrogens is 400 g/mol. The Kier molecular flexibility index (Phi) is 6.68. The highest BCUT2D eigenvalue weighted by Gasteiger charge is 2.24. The minimum absolute atomic E-state index is 0.112. The van der Waals surface area contributed by atoms with Crippen LogP contribution in [-0.2, 0) is 6.42 Å². The SMILES string of the molecule is CCc1ccc(/C(O)=C(/C(=S)Nc2cccc(Cl)c2C)[n+]2cccc(C)c2)cc1. The fourth-order valence-corrected chi connectivity index (χ4v) is 3.53. The Morgan fingerprint density at radius 1 is 1.07 bits per heavy atom. The molecule has 0 aliphatic rings. The summed E-state index contributed by atoms with van der Waals surface area (Å²) in [5.74, 6) is 0.112. The van der Waals surface area contributed by atoms with Crippen LogP contribution in [0.15, 0.2) is 67.0 Å². The van der Waals surface area contributed by atoms with Crippen LogP contribution < -0.4 is 9.88 Å². The molecule has 148 valence electrons. The first kappa shape index (κ1) is 21.0. The number of aromatic nitrogens is 1. The number of hydrogen-bond donors (Lipinski definition) is 2. The van der Waals surface area contributed by atoms with Crippen LogP contribution in [0.3, 0.4) is 0 Å². The summed E-state index contributed by atoms with van der Waals surface area (Å²) in [6, 6.07) is 17.4. The molecule has 29 heavy (non-hydrogen) atoms. The third kappa shape index (κ3) is 4.84. The summed E-state index contributed by atoms with van der Waals surface area (Å²) in [6.45, 7) is 6.03. The van der Waals surface area contributed by atoms with Crippen molar-refractivity contribution in [3.05, 3.63) is 94.3 Å². The number of aliphatic hydroxyl groups excluding tert-OH is 1. The Labute approximate surface area is 182 Å². The Bertz CT molecular complexity index is 1070. The number of hydrogen-bond acceptors (Lipinski definition) is 2. The molecule has 2 aromatic carbocycles. The maximum Gasteiger partial charge on any atom is 0.288 e. The molecule has 0 aliphatic carbocycles. The van der Waals surface area contributed by atoms with Crippen molar-refractivity contribution in [1.29, 1.82) is 0 Å². The van der Waals surface area contributed by atoms with Gasteiger partial charge in [-0.25, -0.2) is 0 Å². The molecule has 0 fully saturated rings. The Morgan fingerprint density at radius 2 is 1.79 bits per heavy atom. The fourth-order valence-electron chi connectivity index (χ4n) is 3.04. The van der Waals surface area contributed by atoms with E-state index in [1.165, 1.54) is 5.56 Å². The lowest BCUT2D eigenvalue weighted by Gasteiger charge is -2.13. The van der Waals surface area contributed by atoms with Gasteiger partial charge in [0, 0.05) is 27.9 Å². The van der Waals surface area contributed by atoms with E-state index in [-0.39, 0.29) is 5.76 Å². The number of halogens is 1. The highest BCUT2D eigenvalue weighted by atomic mass is 35.5. The fraction of sp³-hybridized carbons (Fsp3) is 0.167. The molecule has 0 saturated heterocycles. The third-order valence-corrected chi connectivity index (χ3v) is 5.50. The van der Waals surface area contributed by atoms with Gasteiger partial charge in [-0.1, -0.05) is 61.1 Å². The summed E-state index contributed by atoms with van der Waals surface area (Å²) < 4.78 is 1.84. The Morgan fingerprint density at radius 3 is 2.45 bits per heavy atom. The molecule has 3 aromatic rings. The second kappa shape index (κ2) is 9.21. The van der Waals surface area contributed by atoms with Gasteiger partial charge in [0.15, 0.2) is 23.1 Å². The molecule has 0 aliphatic heterocycles. The van der Waals surface area contributed by atoms with Gasteiger partial charge in [-0.15, -0.1) is 0 Å². The van der Waals surface area contributed by atoms with E-state index in [1.807, 2.05) is 85.4 Å². The molecular formula is C24H24ClN2OS+. The summed E-state index contributed by atoms with van der Waals surface area (Å²) in [5.41, 5.74) is 5.19. The highest BCUT2D eigenvalue weighted by Crippen LogP contribution is 2.25. The molecule has 0 radical (unpaired) electrons. The van der Waals surface area contributed by atoms with Crippen LogP contribution in [0.1, 0.15) is 29.2 Å². The van der Waals surface area contributed by atoms with Crippen LogP contribution in [0.25, 0.3) is 11.5 Å². The van der Waals surface area contributed by atoms with Crippen molar-refractivity contribution in [2.75, 3.05) is 5.32 Å². The zero-order valence-electron chi connectivity index (χ0n) is 16.7. The Hall–Kier alpha value is -2.69. The van der Waals surface area contributed by atoms with Crippen molar-refractivity contribution >= 4 is 46.0 Å². The number of benzene rings is 2. The van der Waals surface area contributed by atoms with E-state index >= 15 is 0 Å². The number of thiocarbonyl (C=S) groups is 1. The minimum Gasteiger partial charge on any atom is -0.502 e. The van der Waals surface area contributed by atoms with Crippen LogP contribution in [0.5, 0.6) is 0 Å². The van der Waals surface area contributed by atoms with Crippen molar-refractivity contribution in [2.24, 2.45) is 0 Å². The van der Waals surface area contributed by atoms with E-state index < -0.39 is 0 Å². The molecule has 5 heteroatoms. The monoisotopic (exact) mass is 423 g/mol. The van der Waals surface area contributed by atoms with Gasteiger partial charge in [0.2, 0.25) is 0 Å². The van der Waals surface area contributed by atoms with Crippen LogP contribution in [0.2, 0.25) is 5.02 Å². The second-order valence-corrected chi connectivity index (χ2v) is 7.72. The van der Waals surface area contributed by atoms with Gasteiger partial charge in [0.1, 0.15) is 0 Å². The van der Waals surface area contributed by atoms with E-state index in [2.05, 4.69) is 12.2 Å². The molecule has 0 atom stereocenters. The van der Waals surface area contributed by atoms with Crippen LogP contribution in [0, 0.1) is 13.8 Å². The highest BCUT2D eigenvalue weighted by molar-refractivity contribution is 7.81. The van der Waals surface area contributed by atoms with Gasteiger partial charge in [0.05, 0.1) is 0 Å². The summed E-state index contributed by atoms with van der Waals surface area (Å²) in [5, 5.41) is 15.1. The van der Waals surface area contributed by atoms with Crippen molar-refractivity contribution in [1.82, 2.24) is 0 Å². The van der Waals surface area contributed by atoms with Crippen molar-refractivity contribution < 1.29 is 9.67 Å². The standard InChI is InChI=1S/C24H23ClN2OS/c1-4-18-10-12-19(13-11-18)23(28)22(27-14-6-7-16(2)15-27)24(29)26-21-9-5-8-20(25)17(21)3/h5-15H,4H2,1-3H3,(H-,26,28,29)/p+1. The van der Waals surface area contributed by atoms with Crippen LogP contribution in [-0.4, -0.2) is 10.1 Å². The largest absolute Gasteiger partial charge is 0.502 e. The van der Waals surface area contributed by atoms with Gasteiger partial charge in [0.25, 0.3) is 5.70 Å². The average Bonchev–Trinajstić information content (AvgIpc) is 2.71. The molecule has 0 saturated carbocycles. The van der Waals surface area contributed by atoms with Gasteiger partial charge in [-0.05, 0) is 49.6 Å². The number of nitrogens with one attached hydrogen (secondary N) is 1. The van der Waals surface area contributed by atoms with Crippen molar-refractivity contribution in [3.63, 3.8) is 0 Å². The van der Waals surface area contributed by atoms with Gasteiger partial charge in [-0.3, -0.25) is 0 Å². The van der Waals surface area contributed by atoms with Crippen LogP contribution in [0.4, 0.5) is 5.69 Å². The number of rotatable bonds is 5. The molecule has 0 bridgehead atoms. The molecule has 3 nitrogen and oxygen atoms in total. The maximum absolute atomic E-state index is 11.2. The minimum atomic E-state index is 0.112. The van der Waals surface area contributed by atoms with E-state index in [9.17, 15) is 5.11 Å². The van der Waals surface area contributed by atoms with E-state index in [4.69, 9.17) is 23.8 Å². The molecule has 0 spiro atoms. The molecule has 1 aromatic heterocycles. The van der Waals surface area contributed by atoms with Crippen LogP contribution >= 0.6 is 23.8 Å². The quantitative estimate of drug-likeness (QED) is 0.224. The van der Waals surface area contributed by atoms with E-state index in [0.29, 0.717) is 21.3 Å². The first-order chi connectivity index (χ1) is 13.9. The normalized spacial score (nSPS) is 11.7. The predicted molar refractivity (Wildman–Crippen MR) is 125 cm³/mol. The lowest BCUT2D eigenvalue weighted by Crippen LogP contribution is -2.38. The first-order valence-electron chi connectivity index (χ1n) is 9.48. The van der Waals surface area contributed by atoms with Gasteiger partial charge in [-0.2, -0.15) is 4.57 Å². The first-order valence-corrected chi connectivity index (χ1v) is 10.3. The van der Waals surface area contributed by atoms with Crippen molar-refractivity contribution in [3.8, 4) is 0 Å². The third-order valence-electron chi connectivity index (χ3n) is 4.80. The number of nitrogens with zero attached hydrogens (tertiary/aromatic N) is 1. The lowest BCUT2D eigenvalue weighted by atomic mass is 10.1. The molecule has 0 unspecified atom stereocenters. The zero-order chi connectivity index (χ0) is 21.0. The molecule has 0 amide bonds. The summed E-state index contributed by atoms with van der Waals surface area (Å²) in [6.07, 6.45) is 4.75. The van der Waals surface area contributed by atoms with E-state index in [1.54, 1.807) is 0 Å². The number of aliphatic hydroxyl groups is 1. The smallest absolute Gasteiger partial charge is 0.288 e.